The molecular formula is C28H27N3O2S. The van der Waals surface area contributed by atoms with Crippen LogP contribution >= 0.6 is 11.3 Å². The summed E-state index contributed by atoms with van der Waals surface area (Å²) in [5, 5.41) is 12.3. The summed E-state index contributed by atoms with van der Waals surface area (Å²) in [5.41, 5.74) is 9.58. The average Bonchev–Trinajstić information content (AvgIpc) is 3.56. The first-order chi connectivity index (χ1) is 16.6. The van der Waals surface area contributed by atoms with Crippen LogP contribution in [0.3, 0.4) is 0 Å². The summed E-state index contributed by atoms with van der Waals surface area (Å²) in [7, 11) is 0. The van der Waals surface area contributed by atoms with Crippen LogP contribution in [0.4, 0.5) is 0 Å². The van der Waals surface area contributed by atoms with E-state index in [9.17, 15) is 4.79 Å². The van der Waals surface area contributed by atoms with Crippen molar-refractivity contribution in [2.24, 2.45) is 5.92 Å². The fourth-order valence-electron chi connectivity index (χ4n) is 5.53. The lowest BCUT2D eigenvalue weighted by molar-refractivity contribution is -0.113. The molecule has 1 fully saturated rings. The Balaban J connectivity index is 1.22. The second-order valence-corrected chi connectivity index (χ2v) is 10.4. The Labute approximate surface area is 203 Å². The van der Waals surface area contributed by atoms with Gasteiger partial charge in [-0.25, -0.2) is 0 Å². The number of thiophene rings is 1. The Hall–Kier alpha value is -3.09. The van der Waals surface area contributed by atoms with Crippen molar-refractivity contribution in [1.29, 1.82) is 0 Å². The highest BCUT2D eigenvalue weighted by molar-refractivity contribution is 7.08. The maximum absolute atomic E-state index is 10.9. The molecule has 34 heavy (non-hydrogen) atoms. The molecular weight excluding hydrogens is 442 g/mol. The smallest absolute Gasteiger partial charge is 0.258 e. The lowest BCUT2D eigenvalue weighted by atomic mass is 9.81. The summed E-state index contributed by atoms with van der Waals surface area (Å²) in [6.45, 7) is 4.27. The summed E-state index contributed by atoms with van der Waals surface area (Å²) in [5.74, 6) is 1.42. The first kappa shape index (κ1) is 21.4. The quantitative estimate of drug-likeness (QED) is 0.336. The van der Waals surface area contributed by atoms with Crippen molar-refractivity contribution in [2.45, 2.75) is 51.6 Å². The molecule has 1 atom stereocenters. The SMILES string of the molecule is Cc1cc(-c2nc(-c3ccc4c(c3)CCC4NC3CC(C=O)C3)no2)cc(C)c1-c1ccsc1. The van der Waals surface area contributed by atoms with Crippen LogP contribution in [0.25, 0.3) is 34.0 Å². The van der Waals surface area contributed by atoms with Crippen molar-refractivity contribution in [2.75, 3.05) is 0 Å². The Morgan fingerprint density at radius 3 is 2.62 bits per heavy atom. The molecule has 2 aliphatic rings. The lowest BCUT2D eigenvalue weighted by Gasteiger charge is -2.35. The molecule has 2 aromatic carbocycles. The molecule has 1 N–H and O–H groups in total. The molecule has 0 saturated heterocycles. The predicted molar refractivity (Wildman–Crippen MR) is 135 cm³/mol. The zero-order valence-electron chi connectivity index (χ0n) is 19.4. The van der Waals surface area contributed by atoms with Gasteiger partial charge in [0.25, 0.3) is 5.89 Å². The normalized spacial score (nSPS) is 21.3. The molecule has 0 spiro atoms. The van der Waals surface area contributed by atoms with E-state index in [-0.39, 0.29) is 5.92 Å². The third-order valence-corrected chi connectivity index (χ3v) is 7.98. The van der Waals surface area contributed by atoms with Crippen LogP contribution in [-0.2, 0) is 11.2 Å². The maximum atomic E-state index is 10.9. The zero-order valence-corrected chi connectivity index (χ0v) is 20.2. The van der Waals surface area contributed by atoms with E-state index in [0.29, 0.717) is 23.8 Å². The van der Waals surface area contributed by atoms with E-state index in [1.165, 1.54) is 33.4 Å². The van der Waals surface area contributed by atoms with Crippen molar-refractivity contribution in [3.8, 4) is 34.0 Å². The van der Waals surface area contributed by atoms with Gasteiger partial charge in [0.15, 0.2) is 0 Å². The number of aldehydes is 1. The number of carbonyl (C=O) groups is 1. The third kappa shape index (κ3) is 3.81. The molecule has 2 aliphatic carbocycles. The van der Waals surface area contributed by atoms with Gasteiger partial charge >= 0.3 is 0 Å². The largest absolute Gasteiger partial charge is 0.334 e. The number of benzene rings is 2. The topological polar surface area (TPSA) is 68.0 Å². The van der Waals surface area contributed by atoms with Crippen LogP contribution in [0, 0.1) is 19.8 Å². The molecule has 5 nitrogen and oxygen atoms in total. The summed E-state index contributed by atoms with van der Waals surface area (Å²) in [6.07, 6.45) is 5.15. The van der Waals surface area contributed by atoms with Crippen molar-refractivity contribution in [3.63, 3.8) is 0 Å². The number of hydrogen-bond donors (Lipinski definition) is 1. The Morgan fingerprint density at radius 1 is 1.06 bits per heavy atom. The van der Waals surface area contributed by atoms with E-state index in [0.717, 1.165) is 43.1 Å². The molecule has 2 aromatic heterocycles. The number of aromatic nitrogens is 2. The van der Waals surface area contributed by atoms with Gasteiger partial charge in [-0.1, -0.05) is 17.3 Å². The Bertz CT molecular complexity index is 1330. The number of hydrogen-bond acceptors (Lipinski definition) is 6. The van der Waals surface area contributed by atoms with Gasteiger partial charge in [0.05, 0.1) is 0 Å². The molecule has 6 heteroatoms. The molecule has 1 saturated carbocycles. The monoisotopic (exact) mass is 469 g/mol. The average molecular weight is 470 g/mol. The standard InChI is InChI=1S/C28H27N3O2S/c1-16-9-22(10-17(2)26(16)21-7-8-34-15-21)28-30-27(31-33-28)20-3-5-24-19(13-20)4-6-25(24)29-23-11-18(12-23)14-32/h3,5,7-10,13-15,18,23,25,29H,4,6,11-12H2,1-2H3. The lowest BCUT2D eigenvalue weighted by Crippen LogP contribution is -2.43. The van der Waals surface area contributed by atoms with Crippen molar-refractivity contribution in [3.05, 3.63) is 69.4 Å². The van der Waals surface area contributed by atoms with Gasteiger partial charge in [-0.2, -0.15) is 16.3 Å². The molecule has 172 valence electrons. The number of nitrogens with zero attached hydrogens (tertiary/aromatic N) is 2. The number of nitrogens with one attached hydrogen (secondary N) is 1. The second-order valence-electron chi connectivity index (χ2n) is 9.66. The van der Waals surface area contributed by atoms with Gasteiger partial charge in [-0.15, -0.1) is 0 Å². The minimum absolute atomic E-state index is 0.243. The maximum Gasteiger partial charge on any atom is 0.258 e. The minimum atomic E-state index is 0.243. The van der Waals surface area contributed by atoms with Crippen molar-refractivity contribution >= 4 is 17.6 Å². The van der Waals surface area contributed by atoms with Crippen LogP contribution in [-0.4, -0.2) is 22.5 Å². The molecule has 4 aromatic rings. The predicted octanol–water partition coefficient (Wildman–Crippen LogP) is 6.30. The molecule has 0 amide bonds. The van der Waals surface area contributed by atoms with Gasteiger partial charge in [-0.3, -0.25) is 0 Å². The van der Waals surface area contributed by atoms with E-state index in [1.807, 2.05) is 0 Å². The van der Waals surface area contributed by atoms with Crippen LogP contribution in [0.5, 0.6) is 0 Å². The zero-order chi connectivity index (χ0) is 23.2. The van der Waals surface area contributed by atoms with E-state index in [2.05, 4.69) is 71.5 Å². The molecule has 0 radical (unpaired) electrons. The second kappa shape index (κ2) is 8.60. The molecule has 0 aliphatic heterocycles. The van der Waals surface area contributed by atoms with Gasteiger partial charge in [0.1, 0.15) is 6.29 Å². The summed E-state index contributed by atoms with van der Waals surface area (Å²) in [4.78, 5) is 15.6. The van der Waals surface area contributed by atoms with Crippen LogP contribution in [0.1, 0.15) is 47.6 Å². The highest BCUT2D eigenvalue weighted by Gasteiger charge is 2.32. The van der Waals surface area contributed by atoms with E-state index in [4.69, 9.17) is 9.51 Å². The van der Waals surface area contributed by atoms with Crippen molar-refractivity contribution in [1.82, 2.24) is 15.5 Å². The van der Waals surface area contributed by atoms with Crippen LogP contribution in [0.15, 0.2) is 51.7 Å². The van der Waals surface area contributed by atoms with Crippen molar-refractivity contribution < 1.29 is 9.32 Å². The molecule has 6 rings (SSSR count). The highest BCUT2D eigenvalue weighted by Crippen LogP contribution is 2.37. The van der Waals surface area contributed by atoms with E-state index in [1.54, 1.807) is 11.3 Å². The number of rotatable bonds is 6. The number of carbonyl (C=O) groups excluding carboxylic acids is 1. The molecule has 0 bridgehead atoms. The van der Waals surface area contributed by atoms with Gasteiger partial charge in [-0.05, 0) is 108 Å². The number of fused-ring (bicyclic) bond motifs is 1. The summed E-state index contributed by atoms with van der Waals surface area (Å²) in [6, 6.07) is 13.8. The Morgan fingerprint density at radius 2 is 1.88 bits per heavy atom. The van der Waals surface area contributed by atoms with Gasteiger partial charge < -0.3 is 14.6 Å². The number of aryl methyl sites for hydroxylation is 3. The van der Waals surface area contributed by atoms with Gasteiger partial charge in [0.2, 0.25) is 5.82 Å². The third-order valence-electron chi connectivity index (χ3n) is 7.30. The van der Waals surface area contributed by atoms with E-state index >= 15 is 0 Å². The molecule has 2 heterocycles. The first-order valence-corrected chi connectivity index (χ1v) is 12.9. The summed E-state index contributed by atoms with van der Waals surface area (Å²) < 4.78 is 5.68. The highest BCUT2D eigenvalue weighted by atomic mass is 32.1. The molecule has 1 unspecified atom stereocenters. The summed E-state index contributed by atoms with van der Waals surface area (Å²) >= 11 is 1.71. The Kier molecular flexibility index (Phi) is 5.42. The van der Waals surface area contributed by atoms with Crippen LogP contribution in [0.2, 0.25) is 0 Å². The fraction of sp³-hybridized carbons (Fsp3) is 0.321. The van der Waals surface area contributed by atoms with E-state index < -0.39 is 0 Å². The fourth-order valence-corrected chi connectivity index (χ4v) is 6.18. The minimum Gasteiger partial charge on any atom is -0.334 e. The van der Waals surface area contributed by atoms with Gasteiger partial charge in [0, 0.05) is 29.1 Å². The first-order valence-electron chi connectivity index (χ1n) is 11.9. The van der Waals surface area contributed by atoms with Crippen LogP contribution < -0.4 is 5.32 Å².